The first-order chi connectivity index (χ1) is 14.1. The Balaban J connectivity index is 1.59. The Morgan fingerprint density at radius 3 is 2.66 bits per heavy atom. The summed E-state index contributed by atoms with van der Waals surface area (Å²) in [4.78, 5) is 13.5. The number of hydrogen-bond acceptors (Lipinski definition) is 4. The number of nitrogens with zero attached hydrogens (tertiary/aromatic N) is 5. The lowest BCUT2D eigenvalue weighted by Crippen LogP contribution is -2.05. The number of nitrogens with one attached hydrogen (secondary N) is 1. The number of aromatic nitrogens is 5. The summed E-state index contributed by atoms with van der Waals surface area (Å²) in [6.07, 6.45) is 7.48. The predicted molar refractivity (Wildman–Crippen MR) is 117 cm³/mol. The Labute approximate surface area is 168 Å². The highest BCUT2D eigenvalue weighted by Crippen LogP contribution is 2.32. The molecule has 5 aromatic rings. The highest BCUT2D eigenvalue weighted by molar-refractivity contribution is 5.97. The van der Waals surface area contributed by atoms with Crippen molar-refractivity contribution in [3.05, 3.63) is 72.7 Å². The molecular weight excluding hydrogens is 360 g/mol. The van der Waals surface area contributed by atoms with Gasteiger partial charge in [-0.05, 0) is 42.1 Å². The highest BCUT2D eigenvalue weighted by atomic mass is 15.1. The average Bonchev–Trinajstić information content (AvgIpc) is 3.28. The van der Waals surface area contributed by atoms with Crippen molar-refractivity contribution in [2.75, 3.05) is 5.32 Å². The summed E-state index contributed by atoms with van der Waals surface area (Å²) in [5, 5.41) is 4.76. The van der Waals surface area contributed by atoms with Crippen LogP contribution in [0.5, 0.6) is 0 Å². The minimum Gasteiger partial charge on any atom is -0.379 e. The van der Waals surface area contributed by atoms with Crippen molar-refractivity contribution in [1.82, 2.24) is 24.1 Å². The summed E-state index contributed by atoms with van der Waals surface area (Å²) in [5.74, 6) is 1.00. The fourth-order valence-electron chi connectivity index (χ4n) is 3.73. The Kier molecular flexibility index (Phi) is 4.05. The summed E-state index contributed by atoms with van der Waals surface area (Å²) in [5.41, 5.74) is 7.33. The zero-order valence-corrected chi connectivity index (χ0v) is 16.7. The summed E-state index contributed by atoms with van der Waals surface area (Å²) >= 11 is 0. The molecule has 0 aliphatic carbocycles. The van der Waals surface area contributed by atoms with E-state index in [9.17, 15) is 0 Å². The van der Waals surface area contributed by atoms with E-state index in [0.717, 1.165) is 39.4 Å². The zero-order chi connectivity index (χ0) is 20.0. The van der Waals surface area contributed by atoms with Crippen LogP contribution in [0.15, 0.2) is 61.2 Å². The molecule has 0 aliphatic rings. The van der Waals surface area contributed by atoms with Crippen molar-refractivity contribution < 1.29 is 0 Å². The summed E-state index contributed by atoms with van der Waals surface area (Å²) in [6.45, 7) is 2.70. The van der Waals surface area contributed by atoms with Crippen LogP contribution in [0.25, 0.3) is 33.1 Å². The fraction of sp³-hybridized carbons (Fsp3) is 0.174. The molecule has 2 aromatic carbocycles. The predicted octanol–water partition coefficient (Wildman–Crippen LogP) is 4.44. The molecule has 0 atom stereocenters. The minimum atomic E-state index is 0.694. The molecule has 0 saturated carbocycles. The van der Waals surface area contributed by atoms with Gasteiger partial charge in [0.15, 0.2) is 0 Å². The second kappa shape index (κ2) is 6.74. The molecule has 3 aromatic heterocycles. The first-order valence-corrected chi connectivity index (χ1v) is 9.61. The van der Waals surface area contributed by atoms with E-state index in [2.05, 4.69) is 79.0 Å². The van der Waals surface area contributed by atoms with E-state index >= 15 is 0 Å². The topological polar surface area (TPSA) is 60.6 Å². The van der Waals surface area contributed by atoms with Gasteiger partial charge in [0.25, 0.3) is 0 Å². The van der Waals surface area contributed by atoms with Crippen molar-refractivity contribution in [1.29, 1.82) is 0 Å². The second-order valence-electron chi connectivity index (χ2n) is 7.36. The first kappa shape index (κ1) is 17.4. The van der Waals surface area contributed by atoms with Crippen LogP contribution in [-0.2, 0) is 20.6 Å². The van der Waals surface area contributed by atoms with Crippen molar-refractivity contribution in [2.45, 2.75) is 13.5 Å². The van der Waals surface area contributed by atoms with Gasteiger partial charge >= 0.3 is 0 Å². The maximum absolute atomic E-state index is 4.61. The van der Waals surface area contributed by atoms with Crippen LogP contribution in [0.3, 0.4) is 0 Å². The van der Waals surface area contributed by atoms with Gasteiger partial charge in [0.2, 0.25) is 0 Å². The van der Waals surface area contributed by atoms with Crippen molar-refractivity contribution in [2.24, 2.45) is 14.1 Å². The third kappa shape index (κ3) is 3.02. The third-order valence-electron chi connectivity index (χ3n) is 5.56. The molecule has 0 amide bonds. The van der Waals surface area contributed by atoms with E-state index in [0.29, 0.717) is 6.54 Å². The lowest BCUT2D eigenvalue weighted by atomic mass is 10.0. The van der Waals surface area contributed by atoms with Gasteiger partial charge in [-0.3, -0.25) is 9.97 Å². The lowest BCUT2D eigenvalue weighted by Gasteiger charge is -2.12. The normalized spacial score (nSPS) is 11.4. The SMILES string of the molecule is Cc1ncc(CNc2cc(-c3ccc4ccn(C)c4c3)c3nccnc3c2)n1C. The maximum Gasteiger partial charge on any atom is 0.105 e. The molecule has 0 saturated heterocycles. The number of hydrogen-bond donors (Lipinski definition) is 1. The number of anilines is 1. The van der Waals surface area contributed by atoms with E-state index in [-0.39, 0.29) is 0 Å². The van der Waals surface area contributed by atoms with Gasteiger partial charge < -0.3 is 14.5 Å². The minimum absolute atomic E-state index is 0.694. The van der Waals surface area contributed by atoms with E-state index in [1.54, 1.807) is 12.4 Å². The molecule has 29 heavy (non-hydrogen) atoms. The van der Waals surface area contributed by atoms with E-state index in [1.165, 1.54) is 10.9 Å². The van der Waals surface area contributed by atoms with Crippen LogP contribution in [0.4, 0.5) is 5.69 Å². The second-order valence-corrected chi connectivity index (χ2v) is 7.36. The van der Waals surface area contributed by atoms with E-state index in [1.807, 2.05) is 20.2 Å². The zero-order valence-electron chi connectivity index (χ0n) is 16.7. The maximum atomic E-state index is 4.61. The largest absolute Gasteiger partial charge is 0.379 e. The van der Waals surface area contributed by atoms with E-state index in [4.69, 9.17) is 0 Å². The lowest BCUT2D eigenvalue weighted by molar-refractivity contribution is 0.801. The fourth-order valence-corrected chi connectivity index (χ4v) is 3.73. The smallest absolute Gasteiger partial charge is 0.105 e. The van der Waals surface area contributed by atoms with Gasteiger partial charge in [0.05, 0.1) is 29.5 Å². The van der Waals surface area contributed by atoms with Gasteiger partial charge in [-0.1, -0.05) is 12.1 Å². The van der Waals surface area contributed by atoms with E-state index < -0.39 is 0 Å². The monoisotopic (exact) mass is 382 g/mol. The number of benzene rings is 2. The molecule has 0 bridgehead atoms. The summed E-state index contributed by atoms with van der Waals surface area (Å²) in [6, 6.07) is 12.9. The number of aryl methyl sites for hydroxylation is 2. The van der Waals surface area contributed by atoms with Gasteiger partial charge in [-0.25, -0.2) is 4.98 Å². The van der Waals surface area contributed by atoms with Crippen LogP contribution in [0, 0.1) is 6.92 Å². The molecule has 3 heterocycles. The molecular formula is C23H22N6. The van der Waals surface area contributed by atoms with Gasteiger partial charge in [-0.2, -0.15) is 0 Å². The summed E-state index contributed by atoms with van der Waals surface area (Å²) < 4.78 is 4.23. The number of fused-ring (bicyclic) bond motifs is 2. The third-order valence-corrected chi connectivity index (χ3v) is 5.56. The molecule has 144 valence electrons. The Morgan fingerprint density at radius 1 is 0.966 bits per heavy atom. The van der Waals surface area contributed by atoms with Crippen molar-refractivity contribution in [3.63, 3.8) is 0 Å². The molecule has 0 spiro atoms. The van der Waals surface area contributed by atoms with Crippen molar-refractivity contribution >= 4 is 27.6 Å². The molecule has 6 heteroatoms. The molecule has 0 radical (unpaired) electrons. The molecule has 0 fully saturated rings. The van der Waals surface area contributed by atoms with Gasteiger partial charge in [-0.15, -0.1) is 0 Å². The van der Waals surface area contributed by atoms with Crippen molar-refractivity contribution in [3.8, 4) is 11.1 Å². The van der Waals surface area contributed by atoms with Crippen LogP contribution in [0.1, 0.15) is 11.5 Å². The van der Waals surface area contributed by atoms with Crippen LogP contribution in [-0.4, -0.2) is 24.1 Å². The molecule has 0 aliphatic heterocycles. The summed E-state index contributed by atoms with van der Waals surface area (Å²) in [7, 11) is 4.10. The van der Waals surface area contributed by atoms with Crippen LogP contribution < -0.4 is 5.32 Å². The standard InChI is InChI=1S/C23H22N6/c1-15-26-13-19(29(15)3)14-27-18-11-20(23-21(12-18)24-7-8-25-23)17-5-4-16-6-9-28(2)22(16)10-17/h4-13,27H,14H2,1-3H3. The Bertz CT molecular complexity index is 1340. The quantitative estimate of drug-likeness (QED) is 0.499. The Hall–Kier alpha value is -3.67. The molecule has 0 unspecified atom stereocenters. The average molecular weight is 382 g/mol. The Morgan fingerprint density at radius 2 is 1.83 bits per heavy atom. The van der Waals surface area contributed by atoms with Crippen LogP contribution in [0.2, 0.25) is 0 Å². The molecule has 5 rings (SSSR count). The molecule has 6 nitrogen and oxygen atoms in total. The first-order valence-electron chi connectivity index (χ1n) is 9.61. The number of imidazole rings is 1. The van der Waals surface area contributed by atoms with Gasteiger partial charge in [0, 0.05) is 49.5 Å². The van der Waals surface area contributed by atoms with Gasteiger partial charge in [0.1, 0.15) is 5.82 Å². The number of rotatable bonds is 4. The van der Waals surface area contributed by atoms with Crippen LogP contribution >= 0.6 is 0 Å². The molecule has 1 N–H and O–H groups in total. The highest BCUT2D eigenvalue weighted by Gasteiger charge is 2.11.